The average Bonchev–Trinajstić information content (AvgIpc) is 3.21. The fraction of sp³-hybridized carbons (Fsp3) is 1.00. The second kappa shape index (κ2) is 3.77. The highest BCUT2D eigenvalue weighted by Crippen LogP contribution is 2.77. The standard InChI is InChI=1S/C20H32O2/c1-17(2)12-6-10-20-11-18(3,15-16(20)22-15)8-5-13(20)19(12,4)9-7-14(17)21/h12-16,21H,5-11H2,1-4H3/t12-,13+,14-,15-,16+,18+,19-,20+/m1/s1. The van der Waals surface area contributed by atoms with Crippen LogP contribution in [0.1, 0.15) is 72.6 Å². The van der Waals surface area contributed by atoms with Crippen molar-refractivity contribution in [3.05, 3.63) is 0 Å². The van der Waals surface area contributed by atoms with Gasteiger partial charge >= 0.3 is 0 Å². The first-order valence-corrected chi connectivity index (χ1v) is 9.58. The molecule has 1 aliphatic heterocycles. The van der Waals surface area contributed by atoms with Crippen molar-refractivity contribution < 1.29 is 9.84 Å². The molecule has 0 unspecified atom stereocenters. The number of hydrogen-bond acceptors (Lipinski definition) is 2. The molecule has 22 heavy (non-hydrogen) atoms. The Morgan fingerprint density at radius 3 is 2.36 bits per heavy atom. The summed E-state index contributed by atoms with van der Waals surface area (Å²) in [5, 5.41) is 10.6. The van der Waals surface area contributed by atoms with E-state index in [0.29, 0.717) is 34.4 Å². The highest BCUT2D eigenvalue weighted by molar-refractivity contribution is 5.25. The average molecular weight is 304 g/mol. The van der Waals surface area contributed by atoms with Gasteiger partial charge in [-0.3, -0.25) is 0 Å². The van der Waals surface area contributed by atoms with Crippen molar-refractivity contribution in [2.24, 2.45) is 33.5 Å². The zero-order valence-electron chi connectivity index (χ0n) is 14.7. The molecule has 4 saturated carbocycles. The third kappa shape index (κ3) is 1.38. The van der Waals surface area contributed by atoms with E-state index in [1.165, 1.54) is 38.5 Å². The Kier molecular flexibility index (Phi) is 2.45. The third-order valence-electron chi connectivity index (χ3n) is 9.38. The fourth-order valence-corrected chi connectivity index (χ4v) is 8.35. The van der Waals surface area contributed by atoms with Crippen LogP contribution in [0, 0.1) is 33.5 Å². The number of rotatable bonds is 0. The van der Waals surface area contributed by atoms with Crippen molar-refractivity contribution in [1.29, 1.82) is 0 Å². The molecule has 2 nitrogen and oxygen atoms in total. The second-order valence-electron chi connectivity index (χ2n) is 10.6. The summed E-state index contributed by atoms with van der Waals surface area (Å²) in [7, 11) is 0. The minimum Gasteiger partial charge on any atom is -0.393 e. The van der Waals surface area contributed by atoms with Gasteiger partial charge < -0.3 is 9.84 Å². The van der Waals surface area contributed by atoms with Gasteiger partial charge in [-0.15, -0.1) is 0 Å². The van der Waals surface area contributed by atoms with Crippen LogP contribution >= 0.6 is 0 Å². The fourth-order valence-electron chi connectivity index (χ4n) is 8.35. The third-order valence-corrected chi connectivity index (χ3v) is 9.38. The van der Waals surface area contributed by atoms with E-state index in [2.05, 4.69) is 27.7 Å². The normalized spacial score (nSPS) is 64.5. The molecule has 124 valence electrons. The van der Waals surface area contributed by atoms with Crippen molar-refractivity contribution in [2.75, 3.05) is 0 Å². The summed E-state index contributed by atoms with van der Waals surface area (Å²) in [4.78, 5) is 0. The SMILES string of the molecule is CC1(C)[C@H](O)CC[C@]2(C)[C@@H]1CC[C@]13C[C@](C)(CC[C@@H]21)[C@@H]1O[C@@H]13. The van der Waals surface area contributed by atoms with Crippen LogP contribution in [0.15, 0.2) is 0 Å². The Bertz CT molecular complexity index is 528. The van der Waals surface area contributed by atoms with Gasteiger partial charge in [0.25, 0.3) is 0 Å². The van der Waals surface area contributed by atoms with E-state index in [1.807, 2.05) is 0 Å². The van der Waals surface area contributed by atoms with Crippen LogP contribution in [0.3, 0.4) is 0 Å². The maximum absolute atomic E-state index is 10.6. The van der Waals surface area contributed by atoms with Crippen LogP contribution in [0.25, 0.3) is 0 Å². The Balaban J connectivity index is 1.57. The lowest BCUT2D eigenvalue weighted by atomic mass is 9.40. The zero-order chi connectivity index (χ0) is 15.5. The van der Waals surface area contributed by atoms with E-state index >= 15 is 0 Å². The summed E-state index contributed by atoms with van der Waals surface area (Å²) in [5.74, 6) is 1.51. The number of aliphatic hydroxyl groups is 1. The van der Waals surface area contributed by atoms with Gasteiger partial charge in [0, 0.05) is 5.41 Å². The number of hydrogen-bond donors (Lipinski definition) is 1. The van der Waals surface area contributed by atoms with E-state index in [9.17, 15) is 5.11 Å². The van der Waals surface area contributed by atoms with Crippen LogP contribution in [-0.2, 0) is 4.74 Å². The first kappa shape index (κ1) is 14.3. The van der Waals surface area contributed by atoms with Gasteiger partial charge in [-0.2, -0.15) is 0 Å². The lowest BCUT2D eigenvalue weighted by Crippen LogP contribution is -2.60. The molecule has 4 aliphatic carbocycles. The van der Waals surface area contributed by atoms with E-state index in [4.69, 9.17) is 4.74 Å². The molecule has 0 amide bonds. The van der Waals surface area contributed by atoms with E-state index < -0.39 is 0 Å². The van der Waals surface area contributed by atoms with Gasteiger partial charge in [0.15, 0.2) is 0 Å². The van der Waals surface area contributed by atoms with Crippen molar-refractivity contribution in [3.63, 3.8) is 0 Å². The molecule has 2 bridgehead atoms. The monoisotopic (exact) mass is 304 g/mol. The minimum atomic E-state index is -0.109. The van der Waals surface area contributed by atoms with E-state index in [0.717, 1.165) is 12.3 Å². The predicted octanol–water partition coefficient (Wildman–Crippen LogP) is 4.16. The molecule has 0 aromatic heterocycles. The van der Waals surface area contributed by atoms with Crippen LogP contribution in [0.2, 0.25) is 0 Å². The highest BCUT2D eigenvalue weighted by atomic mass is 16.6. The summed E-state index contributed by atoms with van der Waals surface area (Å²) >= 11 is 0. The Labute approximate surface area is 135 Å². The van der Waals surface area contributed by atoms with E-state index in [1.54, 1.807) is 0 Å². The molecule has 2 heteroatoms. The number of fused-ring (bicyclic) bond motifs is 5. The Morgan fingerprint density at radius 1 is 0.864 bits per heavy atom. The molecule has 1 N–H and O–H groups in total. The lowest BCUT2D eigenvalue weighted by molar-refractivity contribution is -0.197. The molecule has 5 rings (SSSR count). The smallest absolute Gasteiger partial charge is 0.0906 e. The molecule has 5 aliphatic rings. The van der Waals surface area contributed by atoms with Crippen LogP contribution in [0.5, 0.6) is 0 Å². The molecule has 1 saturated heterocycles. The quantitative estimate of drug-likeness (QED) is 0.682. The molecule has 1 spiro atoms. The van der Waals surface area contributed by atoms with Gasteiger partial charge in [-0.25, -0.2) is 0 Å². The number of ether oxygens (including phenoxy) is 1. The van der Waals surface area contributed by atoms with Crippen molar-refractivity contribution in [1.82, 2.24) is 0 Å². The molecule has 0 radical (unpaired) electrons. The lowest BCUT2D eigenvalue weighted by Gasteiger charge is -2.65. The summed E-state index contributed by atoms with van der Waals surface area (Å²) in [6, 6.07) is 0. The molecular weight excluding hydrogens is 272 g/mol. The van der Waals surface area contributed by atoms with Crippen LogP contribution in [0.4, 0.5) is 0 Å². The summed E-state index contributed by atoms with van der Waals surface area (Å²) in [6.07, 6.45) is 10.1. The predicted molar refractivity (Wildman–Crippen MR) is 86.4 cm³/mol. The zero-order valence-corrected chi connectivity index (χ0v) is 14.7. The first-order valence-electron chi connectivity index (χ1n) is 9.58. The molecule has 0 aromatic carbocycles. The maximum Gasteiger partial charge on any atom is 0.0906 e. The second-order valence-corrected chi connectivity index (χ2v) is 10.6. The molecule has 8 atom stereocenters. The minimum absolute atomic E-state index is 0.0811. The topological polar surface area (TPSA) is 32.8 Å². The van der Waals surface area contributed by atoms with Crippen molar-refractivity contribution in [3.8, 4) is 0 Å². The summed E-state index contributed by atoms with van der Waals surface area (Å²) in [5.41, 5.74) is 1.47. The number of epoxide rings is 1. The summed E-state index contributed by atoms with van der Waals surface area (Å²) < 4.78 is 6.23. The first-order chi connectivity index (χ1) is 10.2. The van der Waals surface area contributed by atoms with E-state index in [-0.39, 0.29) is 11.5 Å². The van der Waals surface area contributed by atoms with Gasteiger partial charge in [0.2, 0.25) is 0 Å². The number of aliphatic hydroxyl groups excluding tert-OH is 1. The Hall–Kier alpha value is -0.0800. The molecular formula is C20H32O2. The van der Waals surface area contributed by atoms with Crippen molar-refractivity contribution >= 4 is 0 Å². The van der Waals surface area contributed by atoms with Crippen LogP contribution < -0.4 is 0 Å². The Morgan fingerprint density at radius 2 is 1.59 bits per heavy atom. The van der Waals surface area contributed by atoms with Gasteiger partial charge in [0.05, 0.1) is 18.3 Å². The molecule has 5 fully saturated rings. The van der Waals surface area contributed by atoms with Gasteiger partial charge in [-0.1, -0.05) is 27.7 Å². The van der Waals surface area contributed by atoms with Crippen LogP contribution in [-0.4, -0.2) is 23.4 Å². The highest BCUT2D eigenvalue weighted by Gasteiger charge is 2.77. The van der Waals surface area contributed by atoms with Gasteiger partial charge in [-0.05, 0) is 73.0 Å². The van der Waals surface area contributed by atoms with Crippen molar-refractivity contribution in [2.45, 2.75) is 91.0 Å². The largest absolute Gasteiger partial charge is 0.393 e. The molecule has 0 aromatic rings. The molecule has 1 heterocycles. The van der Waals surface area contributed by atoms with Gasteiger partial charge in [0.1, 0.15) is 0 Å². The maximum atomic E-state index is 10.6. The summed E-state index contributed by atoms with van der Waals surface area (Å²) in [6.45, 7) is 9.73.